The van der Waals surface area contributed by atoms with E-state index in [1.54, 1.807) is 18.2 Å². The lowest BCUT2D eigenvalue weighted by Crippen LogP contribution is -2.49. The molecule has 1 aliphatic heterocycles. The molecule has 132 valence electrons. The molecule has 0 spiro atoms. The number of hydrogen-bond acceptors (Lipinski definition) is 4. The highest BCUT2D eigenvalue weighted by Crippen LogP contribution is 2.21. The molecule has 1 aliphatic rings. The monoisotopic (exact) mass is 335 g/mol. The van der Waals surface area contributed by atoms with Gasteiger partial charge in [0.2, 0.25) is 0 Å². The molecule has 1 aromatic carbocycles. The highest BCUT2D eigenvalue weighted by atomic mass is 16.5. The van der Waals surface area contributed by atoms with Crippen LogP contribution in [-0.2, 0) is 9.59 Å². The Labute approximate surface area is 142 Å². The number of ether oxygens (including phenoxy) is 2. The predicted octanol–water partition coefficient (Wildman–Crippen LogP) is 2.57. The van der Waals surface area contributed by atoms with E-state index >= 15 is 0 Å². The lowest BCUT2D eigenvalue weighted by molar-refractivity contribution is -0.152. The van der Waals surface area contributed by atoms with Crippen LogP contribution in [0.1, 0.15) is 33.1 Å². The smallest absolute Gasteiger partial charge is 0.326 e. The third-order valence-corrected chi connectivity index (χ3v) is 3.86. The molecular weight excluding hydrogens is 310 g/mol. The molecule has 1 atom stereocenters. The Balaban J connectivity index is 1.91. The number of likely N-dealkylation sites (tertiary alicyclic amines) is 1. The molecule has 0 aliphatic carbocycles. The maximum absolute atomic E-state index is 12.3. The average Bonchev–Trinajstić information content (AvgIpc) is 2.58. The summed E-state index contributed by atoms with van der Waals surface area (Å²) in [6.45, 7) is 5.04. The molecule has 24 heavy (non-hydrogen) atoms. The molecule has 1 amide bonds. The van der Waals surface area contributed by atoms with Crippen molar-refractivity contribution in [1.29, 1.82) is 0 Å². The van der Waals surface area contributed by atoms with Gasteiger partial charge in [-0.2, -0.15) is 0 Å². The zero-order chi connectivity index (χ0) is 17.5. The first-order chi connectivity index (χ1) is 11.5. The van der Waals surface area contributed by atoms with Crippen molar-refractivity contribution in [3.8, 4) is 11.5 Å². The van der Waals surface area contributed by atoms with Crippen LogP contribution in [0.5, 0.6) is 11.5 Å². The number of nitrogens with zero attached hydrogens (tertiary/aromatic N) is 1. The van der Waals surface area contributed by atoms with Gasteiger partial charge in [-0.15, -0.1) is 0 Å². The summed E-state index contributed by atoms with van der Waals surface area (Å²) in [7, 11) is 0. The van der Waals surface area contributed by atoms with Crippen LogP contribution in [-0.4, -0.2) is 47.7 Å². The van der Waals surface area contributed by atoms with E-state index in [-0.39, 0.29) is 12.5 Å². The molecular formula is C18H25NO5. The molecule has 0 aromatic heterocycles. The minimum Gasteiger partial charge on any atom is -0.493 e. The van der Waals surface area contributed by atoms with Crippen LogP contribution in [0.3, 0.4) is 0 Å². The van der Waals surface area contributed by atoms with Crippen LogP contribution < -0.4 is 9.47 Å². The number of carbonyl (C=O) groups is 2. The Morgan fingerprint density at radius 2 is 1.96 bits per heavy atom. The number of amides is 1. The van der Waals surface area contributed by atoms with Gasteiger partial charge in [-0.05, 0) is 37.3 Å². The van der Waals surface area contributed by atoms with Gasteiger partial charge in [-0.3, -0.25) is 4.79 Å². The van der Waals surface area contributed by atoms with Gasteiger partial charge in [0.25, 0.3) is 5.91 Å². The van der Waals surface area contributed by atoms with Crippen molar-refractivity contribution in [2.75, 3.05) is 19.8 Å². The lowest BCUT2D eigenvalue weighted by Gasteiger charge is -2.32. The maximum atomic E-state index is 12.3. The number of benzene rings is 1. The SMILES string of the molecule is CC(C)COc1cccc(OCC(=O)N2CCCCC2C(=O)O)c1. The zero-order valence-corrected chi connectivity index (χ0v) is 14.2. The standard InChI is InChI=1S/C18H25NO5/c1-13(2)11-23-14-6-5-7-15(10-14)24-12-17(20)19-9-4-3-8-16(19)18(21)22/h5-7,10,13,16H,3-4,8-9,11-12H2,1-2H3,(H,21,22). The zero-order valence-electron chi connectivity index (χ0n) is 14.2. The van der Waals surface area contributed by atoms with E-state index in [2.05, 4.69) is 13.8 Å². The first-order valence-electron chi connectivity index (χ1n) is 8.35. The topological polar surface area (TPSA) is 76.1 Å². The van der Waals surface area contributed by atoms with E-state index in [0.717, 1.165) is 12.8 Å². The lowest BCUT2D eigenvalue weighted by atomic mass is 10.0. The van der Waals surface area contributed by atoms with Crippen LogP contribution in [0.2, 0.25) is 0 Å². The summed E-state index contributed by atoms with van der Waals surface area (Å²) in [5, 5.41) is 9.23. The number of carbonyl (C=O) groups excluding carboxylic acids is 1. The summed E-state index contributed by atoms with van der Waals surface area (Å²) in [4.78, 5) is 25.0. The molecule has 2 rings (SSSR count). The molecule has 6 heteroatoms. The fraction of sp³-hybridized carbons (Fsp3) is 0.556. The molecule has 0 bridgehead atoms. The van der Waals surface area contributed by atoms with E-state index in [9.17, 15) is 14.7 Å². The molecule has 1 saturated heterocycles. The Kier molecular flexibility index (Phi) is 6.46. The number of carboxylic acids is 1. The van der Waals surface area contributed by atoms with E-state index < -0.39 is 12.0 Å². The number of piperidine rings is 1. The van der Waals surface area contributed by atoms with Gasteiger partial charge in [0.1, 0.15) is 17.5 Å². The second kappa shape index (κ2) is 8.57. The number of aliphatic carboxylic acids is 1. The highest BCUT2D eigenvalue weighted by Gasteiger charge is 2.31. The summed E-state index contributed by atoms with van der Waals surface area (Å²) < 4.78 is 11.2. The third kappa shape index (κ3) is 5.15. The van der Waals surface area contributed by atoms with Crippen LogP contribution in [0, 0.1) is 5.92 Å². The van der Waals surface area contributed by atoms with Crippen LogP contribution in [0.15, 0.2) is 24.3 Å². The highest BCUT2D eigenvalue weighted by molar-refractivity contribution is 5.84. The summed E-state index contributed by atoms with van der Waals surface area (Å²) in [5.74, 6) is 0.398. The first-order valence-corrected chi connectivity index (χ1v) is 8.35. The summed E-state index contributed by atoms with van der Waals surface area (Å²) in [5.41, 5.74) is 0. The molecule has 1 aromatic rings. The summed E-state index contributed by atoms with van der Waals surface area (Å²) >= 11 is 0. The normalized spacial score (nSPS) is 17.6. The second-order valence-corrected chi connectivity index (χ2v) is 6.41. The summed E-state index contributed by atoms with van der Waals surface area (Å²) in [6.07, 6.45) is 2.16. The Morgan fingerprint density at radius 3 is 2.62 bits per heavy atom. The van der Waals surface area contributed by atoms with E-state index in [4.69, 9.17) is 9.47 Å². The molecule has 0 saturated carbocycles. The molecule has 1 heterocycles. The number of rotatable bonds is 7. The van der Waals surface area contributed by atoms with Crippen LogP contribution in [0.4, 0.5) is 0 Å². The van der Waals surface area contributed by atoms with Crippen molar-refractivity contribution >= 4 is 11.9 Å². The van der Waals surface area contributed by atoms with Gasteiger partial charge >= 0.3 is 5.97 Å². The number of carboxylic acid groups (broad SMARTS) is 1. The first kappa shape index (κ1) is 18.1. The predicted molar refractivity (Wildman–Crippen MR) is 89.3 cm³/mol. The van der Waals surface area contributed by atoms with E-state index in [1.807, 2.05) is 6.07 Å². The van der Waals surface area contributed by atoms with Crippen molar-refractivity contribution in [3.63, 3.8) is 0 Å². The van der Waals surface area contributed by atoms with Gasteiger partial charge < -0.3 is 19.5 Å². The van der Waals surface area contributed by atoms with Gasteiger partial charge in [0.15, 0.2) is 6.61 Å². The van der Waals surface area contributed by atoms with Crippen molar-refractivity contribution in [2.45, 2.75) is 39.2 Å². The molecule has 6 nitrogen and oxygen atoms in total. The molecule has 1 fully saturated rings. The van der Waals surface area contributed by atoms with E-state index in [1.165, 1.54) is 4.90 Å². The quantitative estimate of drug-likeness (QED) is 0.829. The van der Waals surface area contributed by atoms with Crippen molar-refractivity contribution in [1.82, 2.24) is 4.90 Å². The Hall–Kier alpha value is -2.24. The second-order valence-electron chi connectivity index (χ2n) is 6.41. The fourth-order valence-corrected chi connectivity index (χ4v) is 2.63. The maximum Gasteiger partial charge on any atom is 0.326 e. The van der Waals surface area contributed by atoms with Gasteiger partial charge in [-0.25, -0.2) is 4.79 Å². The van der Waals surface area contributed by atoms with E-state index in [0.29, 0.717) is 37.0 Å². The average molecular weight is 335 g/mol. The number of hydrogen-bond donors (Lipinski definition) is 1. The third-order valence-electron chi connectivity index (χ3n) is 3.86. The minimum atomic E-state index is -0.952. The molecule has 1 unspecified atom stereocenters. The largest absolute Gasteiger partial charge is 0.493 e. The Morgan fingerprint density at radius 1 is 1.25 bits per heavy atom. The van der Waals surface area contributed by atoms with Gasteiger partial charge in [0.05, 0.1) is 6.61 Å². The van der Waals surface area contributed by atoms with Crippen molar-refractivity contribution < 1.29 is 24.2 Å². The molecule has 1 N–H and O–H groups in total. The summed E-state index contributed by atoms with van der Waals surface area (Å²) in [6, 6.07) is 6.38. The fourth-order valence-electron chi connectivity index (χ4n) is 2.63. The Bertz CT molecular complexity index is 572. The van der Waals surface area contributed by atoms with Gasteiger partial charge in [0, 0.05) is 12.6 Å². The van der Waals surface area contributed by atoms with Crippen molar-refractivity contribution in [3.05, 3.63) is 24.3 Å². The minimum absolute atomic E-state index is 0.169. The van der Waals surface area contributed by atoms with Gasteiger partial charge in [-0.1, -0.05) is 19.9 Å². The van der Waals surface area contributed by atoms with Crippen LogP contribution in [0.25, 0.3) is 0 Å². The molecule has 0 radical (unpaired) electrons. The van der Waals surface area contributed by atoms with Crippen LogP contribution >= 0.6 is 0 Å². The van der Waals surface area contributed by atoms with Crippen molar-refractivity contribution in [2.24, 2.45) is 5.92 Å².